The van der Waals surface area contributed by atoms with E-state index in [1.165, 1.54) is 12.0 Å². The molecule has 0 aliphatic carbocycles. The molecule has 1 aliphatic heterocycles. The summed E-state index contributed by atoms with van der Waals surface area (Å²) in [5, 5.41) is 0.194. The van der Waals surface area contributed by atoms with Crippen LogP contribution in [0.25, 0.3) is 6.08 Å². The third kappa shape index (κ3) is 4.40. The molecular formula is C21H18ClNO4S. The van der Waals surface area contributed by atoms with Gasteiger partial charge in [0.25, 0.3) is 11.1 Å². The summed E-state index contributed by atoms with van der Waals surface area (Å²) in [5.41, 5.74) is 1.45. The van der Waals surface area contributed by atoms with E-state index in [9.17, 15) is 9.59 Å². The first-order valence-corrected chi connectivity index (χ1v) is 9.63. The maximum atomic E-state index is 12.7. The molecule has 1 fully saturated rings. The summed E-state index contributed by atoms with van der Waals surface area (Å²) in [4.78, 5) is 26.6. The fraction of sp³-hybridized carbons (Fsp3) is 0.143. The van der Waals surface area contributed by atoms with Crippen LogP contribution in [0.5, 0.6) is 11.5 Å². The average molecular weight is 416 g/mol. The van der Waals surface area contributed by atoms with E-state index in [-0.39, 0.29) is 17.7 Å². The Balaban J connectivity index is 1.81. The van der Waals surface area contributed by atoms with Gasteiger partial charge in [-0.3, -0.25) is 14.5 Å². The van der Waals surface area contributed by atoms with Gasteiger partial charge >= 0.3 is 0 Å². The number of benzene rings is 2. The Morgan fingerprint density at radius 2 is 1.96 bits per heavy atom. The van der Waals surface area contributed by atoms with E-state index >= 15 is 0 Å². The molecule has 0 aromatic heterocycles. The average Bonchev–Trinajstić information content (AvgIpc) is 2.95. The van der Waals surface area contributed by atoms with Gasteiger partial charge in [-0.1, -0.05) is 48.5 Å². The van der Waals surface area contributed by atoms with Crippen LogP contribution in [0.2, 0.25) is 5.02 Å². The number of nitrogens with zero attached hydrogens (tertiary/aromatic N) is 1. The van der Waals surface area contributed by atoms with Gasteiger partial charge in [-0.25, -0.2) is 0 Å². The summed E-state index contributed by atoms with van der Waals surface area (Å²) in [6.07, 6.45) is 3.31. The molecule has 1 heterocycles. The van der Waals surface area contributed by atoms with E-state index < -0.39 is 0 Å². The highest BCUT2D eigenvalue weighted by Crippen LogP contribution is 2.35. The lowest BCUT2D eigenvalue weighted by atomic mass is 10.1. The van der Waals surface area contributed by atoms with Gasteiger partial charge in [0, 0.05) is 5.02 Å². The number of hydrogen-bond donors (Lipinski definition) is 0. The van der Waals surface area contributed by atoms with Crippen LogP contribution in [-0.4, -0.2) is 29.8 Å². The second-order valence-electron chi connectivity index (χ2n) is 5.87. The van der Waals surface area contributed by atoms with Crippen molar-refractivity contribution < 1.29 is 19.1 Å². The largest absolute Gasteiger partial charge is 0.493 e. The lowest BCUT2D eigenvalue weighted by molar-refractivity contribution is -0.123. The first-order valence-electron chi connectivity index (χ1n) is 8.44. The Bertz CT molecular complexity index is 957. The van der Waals surface area contributed by atoms with Crippen molar-refractivity contribution in [1.29, 1.82) is 0 Å². The fourth-order valence-corrected chi connectivity index (χ4v) is 3.66. The molecule has 0 saturated carbocycles. The van der Waals surface area contributed by atoms with E-state index in [2.05, 4.69) is 6.58 Å². The van der Waals surface area contributed by atoms with Crippen molar-refractivity contribution in [3.8, 4) is 11.5 Å². The van der Waals surface area contributed by atoms with E-state index in [0.29, 0.717) is 28.0 Å². The molecule has 0 atom stereocenters. The molecule has 0 unspecified atom stereocenters. The van der Waals surface area contributed by atoms with Crippen LogP contribution in [0.3, 0.4) is 0 Å². The summed E-state index contributed by atoms with van der Waals surface area (Å²) in [6.45, 7) is 4.11. The summed E-state index contributed by atoms with van der Waals surface area (Å²) in [5.74, 6) is 0.762. The Hall–Kier alpha value is -2.70. The Morgan fingerprint density at radius 3 is 2.68 bits per heavy atom. The molecular weight excluding hydrogens is 398 g/mol. The van der Waals surface area contributed by atoms with Gasteiger partial charge in [0.1, 0.15) is 6.61 Å². The normalized spacial score (nSPS) is 15.2. The van der Waals surface area contributed by atoms with Crippen LogP contribution >= 0.6 is 23.4 Å². The molecule has 1 saturated heterocycles. The highest BCUT2D eigenvalue weighted by molar-refractivity contribution is 8.18. The lowest BCUT2D eigenvalue weighted by Gasteiger charge is -2.13. The highest BCUT2D eigenvalue weighted by atomic mass is 35.5. The first kappa shape index (κ1) is 20.0. The minimum absolute atomic E-state index is 0.138. The predicted molar refractivity (Wildman–Crippen MR) is 112 cm³/mol. The number of hydrogen-bond acceptors (Lipinski definition) is 5. The molecule has 0 spiro atoms. The van der Waals surface area contributed by atoms with Gasteiger partial charge in [0.05, 0.1) is 18.6 Å². The Labute approximate surface area is 172 Å². The molecule has 144 valence electrons. The molecule has 2 aromatic rings. The Kier molecular flexibility index (Phi) is 6.44. The quantitative estimate of drug-likeness (QED) is 0.462. The minimum atomic E-state index is -0.346. The van der Waals surface area contributed by atoms with E-state index in [0.717, 1.165) is 22.9 Å². The van der Waals surface area contributed by atoms with Crippen LogP contribution in [0.15, 0.2) is 60.0 Å². The van der Waals surface area contributed by atoms with Crippen molar-refractivity contribution >= 4 is 40.6 Å². The molecule has 5 nitrogen and oxygen atoms in total. The molecule has 2 amide bonds. The number of methoxy groups -OCH3 is 1. The molecule has 0 radical (unpaired) electrons. The van der Waals surface area contributed by atoms with Crippen molar-refractivity contribution in [1.82, 2.24) is 4.90 Å². The van der Waals surface area contributed by atoms with Crippen molar-refractivity contribution in [2.75, 3.05) is 13.7 Å². The Morgan fingerprint density at radius 1 is 1.18 bits per heavy atom. The van der Waals surface area contributed by atoms with Crippen molar-refractivity contribution in [2.24, 2.45) is 0 Å². The monoisotopic (exact) mass is 415 g/mol. The topological polar surface area (TPSA) is 55.8 Å². The standard InChI is InChI=1S/C21H18ClNO4S/c1-3-10-27-17-9-8-14(11-18(17)26-2)12-19-20(24)23(21(25)28-19)13-15-6-4-5-7-16(15)22/h3-9,11-12H,1,10,13H2,2H3/b19-12-. The molecule has 3 rings (SSSR count). The maximum absolute atomic E-state index is 12.7. The van der Waals surface area contributed by atoms with Gasteiger partial charge in [0.2, 0.25) is 0 Å². The fourth-order valence-electron chi connectivity index (χ4n) is 2.63. The number of carbonyl (C=O) groups excluding carboxylic acids is 2. The number of thioether (sulfide) groups is 1. The third-order valence-corrected chi connectivity index (χ3v) is 5.28. The maximum Gasteiger partial charge on any atom is 0.293 e. The summed E-state index contributed by atoms with van der Waals surface area (Å²) < 4.78 is 10.9. The van der Waals surface area contributed by atoms with Crippen LogP contribution in [0, 0.1) is 0 Å². The number of ether oxygens (including phenoxy) is 2. The highest BCUT2D eigenvalue weighted by Gasteiger charge is 2.35. The smallest absolute Gasteiger partial charge is 0.293 e. The zero-order valence-electron chi connectivity index (χ0n) is 15.2. The zero-order chi connectivity index (χ0) is 20.1. The molecule has 0 bridgehead atoms. The van der Waals surface area contributed by atoms with Crippen LogP contribution in [0.4, 0.5) is 4.79 Å². The van der Waals surface area contributed by atoms with Gasteiger partial charge in [0.15, 0.2) is 11.5 Å². The van der Waals surface area contributed by atoms with E-state index in [1.54, 1.807) is 48.6 Å². The van der Waals surface area contributed by atoms with Crippen molar-refractivity contribution in [3.63, 3.8) is 0 Å². The SMILES string of the molecule is C=CCOc1ccc(/C=C2\SC(=O)N(Cc3ccccc3Cl)C2=O)cc1OC. The number of halogens is 1. The second-order valence-corrected chi connectivity index (χ2v) is 7.27. The van der Waals surface area contributed by atoms with Gasteiger partial charge in [-0.05, 0) is 47.2 Å². The lowest BCUT2D eigenvalue weighted by Crippen LogP contribution is -2.27. The third-order valence-electron chi connectivity index (χ3n) is 4.00. The van der Waals surface area contributed by atoms with Crippen LogP contribution in [-0.2, 0) is 11.3 Å². The zero-order valence-corrected chi connectivity index (χ0v) is 16.8. The number of amides is 2. The molecule has 1 aliphatic rings. The molecule has 7 heteroatoms. The van der Waals surface area contributed by atoms with Crippen molar-refractivity contribution in [2.45, 2.75) is 6.54 Å². The molecule has 2 aromatic carbocycles. The van der Waals surface area contributed by atoms with Gasteiger partial charge < -0.3 is 9.47 Å². The second kappa shape index (κ2) is 8.99. The number of rotatable bonds is 7. The van der Waals surface area contributed by atoms with Crippen LogP contribution < -0.4 is 9.47 Å². The summed E-state index contributed by atoms with van der Waals surface area (Å²) >= 11 is 7.05. The van der Waals surface area contributed by atoms with Crippen molar-refractivity contribution in [3.05, 3.63) is 76.2 Å². The van der Waals surface area contributed by atoms with E-state index in [1.807, 2.05) is 6.07 Å². The molecule has 0 N–H and O–H groups in total. The minimum Gasteiger partial charge on any atom is -0.493 e. The predicted octanol–water partition coefficient (Wildman–Crippen LogP) is 5.15. The number of imide groups is 1. The number of carbonyl (C=O) groups is 2. The summed E-state index contributed by atoms with van der Waals surface area (Å²) in [6, 6.07) is 12.4. The van der Waals surface area contributed by atoms with E-state index in [4.69, 9.17) is 21.1 Å². The molecule has 28 heavy (non-hydrogen) atoms. The van der Waals surface area contributed by atoms with Gasteiger partial charge in [-0.15, -0.1) is 0 Å². The van der Waals surface area contributed by atoms with Crippen LogP contribution in [0.1, 0.15) is 11.1 Å². The van der Waals surface area contributed by atoms with Gasteiger partial charge in [-0.2, -0.15) is 0 Å². The summed E-state index contributed by atoms with van der Waals surface area (Å²) in [7, 11) is 1.54. The first-order chi connectivity index (χ1) is 13.5.